The van der Waals surface area contributed by atoms with E-state index in [1.165, 1.54) is 18.2 Å². The number of ether oxygens (including phenoxy) is 2. The maximum atomic E-state index is 13.3. The van der Waals surface area contributed by atoms with Crippen LogP contribution in [-0.2, 0) is 0 Å². The van der Waals surface area contributed by atoms with E-state index in [2.05, 4.69) is 24.7 Å². The number of halogens is 2. The van der Waals surface area contributed by atoms with Gasteiger partial charge in [-0.05, 0) is 30.7 Å². The molecule has 7 nitrogen and oxygen atoms in total. The maximum Gasteiger partial charge on any atom is 0.586 e. The number of benzene rings is 1. The Morgan fingerprint density at radius 2 is 1.96 bits per heavy atom. The van der Waals surface area contributed by atoms with Gasteiger partial charge in [0.15, 0.2) is 11.5 Å². The van der Waals surface area contributed by atoms with Crippen molar-refractivity contribution in [3.8, 4) is 11.5 Å². The fourth-order valence-corrected chi connectivity index (χ4v) is 3.23. The molecule has 27 heavy (non-hydrogen) atoms. The molecule has 142 valence electrons. The lowest BCUT2D eigenvalue weighted by molar-refractivity contribution is -0.286. The number of rotatable bonds is 2. The zero-order valence-corrected chi connectivity index (χ0v) is 14.6. The van der Waals surface area contributed by atoms with Crippen LogP contribution in [0.4, 0.5) is 25.0 Å². The van der Waals surface area contributed by atoms with Crippen molar-refractivity contribution in [1.29, 1.82) is 0 Å². The number of alkyl halides is 2. The van der Waals surface area contributed by atoms with E-state index in [0.29, 0.717) is 26.2 Å². The fourth-order valence-electron chi connectivity index (χ4n) is 3.23. The van der Waals surface area contributed by atoms with Crippen molar-refractivity contribution in [2.75, 3.05) is 36.4 Å². The number of pyridine rings is 1. The van der Waals surface area contributed by atoms with E-state index in [1.54, 1.807) is 11.1 Å². The van der Waals surface area contributed by atoms with Crippen LogP contribution in [0.5, 0.6) is 11.5 Å². The second kappa shape index (κ2) is 6.57. The van der Waals surface area contributed by atoms with Crippen LogP contribution in [0.25, 0.3) is 0 Å². The summed E-state index contributed by atoms with van der Waals surface area (Å²) in [5, 5.41) is 2.64. The van der Waals surface area contributed by atoms with Gasteiger partial charge in [0.2, 0.25) is 0 Å². The Balaban J connectivity index is 1.40. The number of aromatic nitrogens is 1. The van der Waals surface area contributed by atoms with Gasteiger partial charge < -0.3 is 24.6 Å². The third-order valence-corrected chi connectivity index (χ3v) is 4.57. The molecule has 0 spiro atoms. The Morgan fingerprint density at radius 3 is 2.70 bits per heavy atom. The number of piperazine rings is 1. The molecule has 0 atom stereocenters. The van der Waals surface area contributed by atoms with E-state index >= 15 is 0 Å². The molecular formula is C18H18F2N4O3. The Labute approximate surface area is 154 Å². The van der Waals surface area contributed by atoms with Crippen LogP contribution in [0.15, 0.2) is 36.7 Å². The van der Waals surface area contributed by atoms with E-state index in [1.807, 2.05) is 19.2 Å². The summed E-state index contributed by atoms with van der Waals surface area (Å²) in [4.78, 5) is 20.5. The molecule has 2 amide bonds. The molecule has 9 heteroatoms. The minimum atomic E-state index is -3.73. The SMILES string of the molecule is Cc1cnccc1N1CCN(C(=O)Nc2cccc3c2OC(F)(F)O3)CC1. The number of nitrogens with zero attached hydrogens (tertiary/aromatic N) is 3. The van der Waals surface area contributed by atoms with Crippen LogP contribution < -0.4 is 19.7 Å². The highest BCUT2D eigenvalue weighted by atomic mass is 19.3. The highest BCUT2D eigenvalue weighted by molar-refractivity contribution is 5.92. The molecule has 0 saturated carbocycles. The maximum absolute atomic E-state index is 13.3. The van der Waals surface area contributed by atoms with Gasteiger partial charge in [0.25, 0.3) is 0 Å². The van der Waals surface area contributed by atoms with Gasteiger partial charge in [-0.2, -0.15) is 0 Å². The Kier molecular flexibility index (Phi) is 4.21. The first-order valence-electron chi connectivity index (χ1n) is 8.53. The zero-order chi connectivity index (χ0) is 19.0. The summed E-state index contributed by atoms with van der Waals surface area (Å²) in [5.74, 6) is -0.266. The van der Waals surface area contributed by atoms with Crippen LogP contribution >= 0.6 is 0 Å². The summed E-state index contributed by atoms with van der Waals surface area (Å²) in [5.41, 5.74) is 2.33. The summed E-state index contributed by atoms with van der Waals surface area (Å²) >= 11 is 0. The number of amides is 2. The van der Waals surface area contributed by atoms with E-state index in [-0.39, 0.29) is 23.2 Å². The second-order valence-corrected chi connectivity index (χ2v) is 6.37. The number of nitrogens with one attached hydrogen (secondary N) is 1. The third kappa shape index (κ3) is 3.44. The van der Waals surface area contributed by atoms with E-state index in [0.717, 1.165) is 11.3 Å². The van der Waals surface area contributed by atoms with Crippen molar-refractivity contribution in [1.82, 2.24) is 9.88 Å². The first-order valence-corrected chi connectivity index (χ1v) is 8.53. The van der Waals surface area contributed by atoms with Gasteiger partial charge in [-0.1, -0.05) is 6.07 Å². The summed E-state index contributed by atoms with van der Waals surface area (Å²) in [6, 6.07) is 5.97. The number of anilines is 2. The van der Waals surface area contributed by atoms with Crippen LogP contribution in [0.2, 0.25) is 0 Å². The number of urea groups is 1. The summed E-state index contributed by atoms with van der Waals surface area (Å²) in [6.07, 6.45) is -0.172. The number of carbonyl (C=O) groups is 1. The van der Waals surface area contributed by atoms with Gasteiger partial charge >= 0.3 is 12.3 Å². The van der Waals surface area contributed by atoms with Gasteiger partial charge in [0, 0.05) is 44.3 Å². The standard InChI is InChI=1S/C18H18F2N4O3/c1-12-11-21-6-5-14(12)23-7-9-24(10-8-23)17(25)22-13-3-2-4-15-16(13)27-18(19,20)26-15/h2-6,11H,7-10H2,1H3,(H,22,25). The van der Waals surface area contributed by atoms with E-state index in [9.17, 15) is 13.6 Å². The van der Waals surface area contributed by atoms with Crippen molar-refractivity contribution in [2.45, 2.75) is 13.2 Å². The number of hydrogen-bond donors (Lipinski definition) is 1. The van der Waals surface area contributed by atoms with Crippen LogP contribution in [0, 0.1) is 6.92 Å². The molecule has 0 unspecified atom stereocenters. The van der Waals surface area contributed by atoms with E-state index < -0.39 is 6.29 Å². The average molecular weight is 376 g/mol. The van der Waals surface area contributed by atoms with E-state index in [4.69, 9.17) is 0 Å². The highest BCUT2D eigenvalue weighted by Crippen LogP contribution is 2.45. The molecule has 1 aromatic heterocycles. The van der Waals surface area contributed by atoms with Crippen LogP contribution in [0.1, 0.15) is 5.56 Å². The molecule has 2 aliphatic rings. The zero-order valence-electron chi connectivity index (χ0n) is 14.6. The summed E-state index contributed by atoms with van der Waals surface area (Å²) < 4.78 is 35.4. The molecule has 1 fully saturated rings. The predicted octanol–water partition coefficient (Wildman–Crippen LogP) is 3.07. The topological polar surface area (TPSA) is 66.9 Å². The monoisotopic (exact) mass is 376 g/mol. The largest absolute Gasteiger partial charge is 0.586 e. The minimum absolute atomic E-state index is 0.101. The van der Waals surface area contributed by atoms with Crippen molar-refractivity contribution in [3.63, 3.8) is 0 Å². The number of para-hydroxylation sites is 1. The molecule has 0 aliphatic carbocycles. The molecular weight excluding hydrogens is 358 g/mol. The smallest absolute Gasteiger partial charge is 0.395 e. The number of carbonyl (C=O) groups excluding carboxylic acids is 1. The van der Waals surface area contributed by atoms with Crippen LogP contribution in [0.3, 0.4) is 0 Å². The van der Waals surface area contributed by atoms with Crippen molar-refractivity contribution >= 4 is 17.4 Å². The molecule has 1 saturated heterocycles. The quantitative estimate of drug-likeness (QED) is 0.873. The van der Waals surface area contributed by atoms with Gasteiger partial charge in [0.1, 0.15) is 0 Å². The normalized spacial score (nSPS) is 17.7. The first kappa shape index (κ1) is 17.3. The molecule has 4 rings (SSSR count). The number of hydrogen-bond acceptors (Lipinski definition) is 5. The van der Waals surface area contributed by atoms with Crippen molar-refractivity contribution < 1.29 is 23.0 Å². The van der Waals surface area contributed by atoms with Gasteiger partial charge in [-0.3, -0.25) is 4.98 Å². The lowest BCUT2D eigenvalue weighted by Crippen LogP contribution is -2.50. The van der Waals surface area contributed by atoms with Gasteiger partial charge in [0.05, 0.1) is 5.69 Å². The highest BCUT2D eigenvalue weighted by Gasteiger charge is 2.44. The minimum Gasteiger partial charge on any atom is -0.395 e. The third-order valence-electron chi connectivity index (χ3n) is 4.57. The van der Waals surface area contributed by atoms with Crippen LogP contribution in [-0.4, -0.2) is 48.4 Å². The molecule has 2 aliphatic heterocycles. The lowest BCUT2D eigenvalue weighted by Gasteiger charge is -2.36. The molecule has 1 N–H and O–H groups in total. The Bertz CT molecular complexity index is 869. The van der Waals surface area contributed by atoms with Gasteiger partial charge in [-0.15, -0.1) is 8.78 Å². The number of fused-ring (bicyclic) bond motifs is 1. The van der Waals surface area contributed by atoms with Crippen molar-refractivity contribution in [3.05, 3.63) is 42.2 Å². The Hall–Kier alpha value is -3.10. The summed E-state index contributed by atoms with van der Waals surface area (Å²) in [7, 11) is 0. The molecule has 1 aromatic carbocycles. The second-order valence-electron chi connectivity index (χ2n) is 6.37. The average Bonchev–Trinajstić information content (AvgIpc) is 2.97. The van der Waals surface area contributed by atoms with Crippen molar-refractivity contribution in [2.24, 2.45) is 0 Å². The number of aryl methyl sites for hydroxylation is 1. The lowest BCUT2D eigenvalue weighted by atomic mass is 10.2. The molecule has 0 bridgehead atoms. The fraction of sp³-hybridized carbons (Fsp3) is 0.333. The first-order chi connectivity index (χ1) is 12.9. The molecule has 3 heterocycles. The Morgan fingerprint density at radius 1 is 1.19 bits per heavy atom. The predicted molar refractivity (Wildman–Crippen MR) is 94.4 cm³/mol. The molecule has 0 radical (unpaired) electrons. The molecule has 2 aromatic rings. The van der Waals surface area contributed by atoms with Gasteiger partial charge in [-0.25, -0.2) is 4.79 Å². The summed E-state index contributed by atoms with van der Waals surface area (Å²) in [6.45, 7) is 4.35.